The number of hydrogen-bond donors (Lipinski definition) is 1. The first-order chi connectivity index (χ1) is 13.6. The van der Waals surface area contributed by atoms with Crippen LogP contribution in [-0.2, 0) is 12.8 Å². The summed E-state index contributed by atoms with van der Waals surface area (Å²) in [6.45, 7) is 7.66. The van der Waals surface area contributed by atoms with Crippen molar-refractivity contribution in [2.75, 3.05) is 36.4 Å². The van der Waals surface area contributed by atoms with Crippen molar-refractivity contribution < 1.29 is 4.79 Å². The van der Waals surface area contributed by atoms with Crippen molar-refractivity contribution in [3.05, 3.63) is 46.9 Å². The second kappa shape index (κ2) is 6.76. The predicted molar refractivity (Wildman–Crippen MR) is 110 cm³/mol. The minimum atomic E-state index is 0.0188. The van der Waals surface area contributed by atoms with Gasteiger partial charge in [-0.1, -0.05) is 12.1 Å². The van der Waals surface area contributed by atoms with E-state index in [1.807, 2.05) is 43.0 Å². The van der Waals surface area contributed by atoms with E-state index in [9.17, 15) is 4.79 Å². The van der Waals surface area contributed by atoms with Gasteiger partial charge in [-0.05, 0) is 50.8 Å². The van der Waals surface area contributed by atoms with E-state index < -0.39 is 0 Å². The monoisotopic (exact) mass is 377 g/mol. The van der Waals surface area contributed by atoms with Crippen LogP contribution in [0.4, 0.5) is 16.3 Å². The molecule has 2 fully saturated rings. The van der Waals surface area contributed by atoms with E-state index in [2.05, 4.69) is 15.2 Å². The number of rotatable bonds is 2. The summed E-state index contributed by atoms with van der Waals surface area (Å²) in [5, 5.41) is 3.05. The zero-order valence-electron chi connectivity index (χ0n) is 16.6. The molecule has 6 nitrogen and oxygen atoms in total. The highest BCUT2D eigenvalue weighted by Crippen LogP contribution is 2.37. The van der Waals surface area contributed by atoms with Crippen molar-refractivity contribution in [3.8, 4) is 0 Å². The molecule has 0 spiro atoms. The molecule has 2 aliphatic heterocycles. The molecule has 1 aromatic carbocycles. The van der Waals surface area contributed by atoms with Gasteiger partial charge in [0, 0.05) is 55.0 Å². The number of aryl methyl sites for hydroxylation is 3. The molecule has 1 aliphatic carbocycles. The number of nitrogens with one attached hydrogen (secondary N) is 1. The first-order valence-electron chi connectivity index (χ1n) is 10.3. The fourth-order valence-corrected chi connectivity index (χ4v) is 5.05. The number of nitrogens with zero attached hydrogens (tertiary/aromatic N) is 4. The van der Waals surface area contributed by atoms with Crippen molar-refractivity contribution >= 4 is 17.5 Å². The van der Waals surface area contributed by atoms with Gasteiger partial charge in [-0.3, -0.25) is 0 Å². The van der Waals surface area contributed by atoms with Crippen LogP contribution in [-0.4, -0.2) is 47.1 Å². The van der Waals surface area contributed by atoms with Gasteiger partial charge < -0.3 is 15.1 Å². The Bertz CT molecular complexity index is 913. The summed E-state index contributed by atoms with van der Waals surface area (Å²) in [4.78, 5) is 26.5. The number of anilines is 2. The Morgan fingerprint density at radius 2 is 1.86 bits per heavy atom. The summed E-state index contributed by atoms with van der Waals surface area (Å²) in [5.74, 6) is 3.09. The van der Waals surface area contributed by atoms with Crippen LogP contribution in [0.15, 0.2) is 24.3 Å². The van der Waals surface area contributed by atoms with Gasteiger partial charge in [0.1, 0.15) is 11.6 Å². The summed E-state index contributed by atoms with van der Waals surface area (Å²) >= 11 is 0. The molecule has 3 aliphatic rings. The lowest BCUT2D eigenvalue weighted by atomic mass is 10.0. The van der Waals surface area contributed by atoms with E-state index in [1.165, 1.54) is 17.7 Å². The Labute approximate surface area is 166 Å². The van der Waals surface area contributed by atoms with E-state index in [0.29, 0.717) is 11.8 Å². The highest BCUT2D eigenvalue weighted by molar-refractivity contribution is 5.89. The van der Waals surface area contributed by atoms with Crippen LogP contribution in [0.25, 0.3) is 0 Å². The number of carbonyl (C=O) groups is 1. The van der Waals surface area contributed by atoms with E-state index in [1.54, 1.807) is 0 Å². The van der Waals surface area contributed by atoms with E-state index in [4.69, 9.17) is 4.98 Å². The van der Waals surface area contributed by atoms with Crippen LogP contribution in [0.5, 0.6) is 0 Å². The number of aromatic nitrogens is 2. The molecule has 2 saturated heterocycles. The fourth-order valence-electron chi connectivity index (χ4n) is 5.05. The Kier molecular flexibility index (Phi) is 4.22. The molecular formula is C22H27N5O. The second-order valence-electron chi connectivity index (χ2n) is 8.50. The summed E-state index contributed by atoms with van der Waals surface area (Å²) in [6.07, 6.45) is 3.37. The highest BCUT2D eigenvalue weighted by Gasteiger charge is 2.42. The van der Waals surface area contributed by atoms with E-state index >= 15 is 0 Å². The number of benzene rings is 1. The Morgan fingerprint density at radius 1 is 1.07 bits per heavy atom. The van der Waals surface area contributed by atoms with Crippen molar-refractivity contribution in [1.29, 1.82) is 0 Å². The minimum absolute atomic E-state index is 0.0188. The van der Waals surface area contributed by atoms with Crippen LogP contribution >= 0.6 is 0 Å². The largest absolute Gasteiger partial charge is 0.356 e. The molecule has 146 valence electrons. The van der Waals surface area contributed by atoms with Gasteiger partial charge in [0.2, 0.25) is 0 Å². The second-order valence-corrected chi connectivity index (χ2v) is 8.50. The van der Waals surface area contributed by atoms with Crippen molar-refractivity contribution in [3.63, 3.8) is 0 Å². The molecule has 0 radical (unpaired) electrons. The third-order valence-corrected chi connectivity index (χ3v) is 6.37. The van der Waals surface area contributed by atoms with Crippen molar-refractivity contribution in [2.24, 2.45) is 11.8 Å². The number of hydrogen-bond acceptors (Lipinski definition) is 4. The molecule has 28 heavy (non-hydrogen) atoms. The topological polar surface area (TPSA) is 61.4 Å². The molecule has 2 atom stereocenters. The molecular weight excluding hydrogens is 350 g/mol. The third-order valence-electron chi connectivity index (χ3n) is 6.37. The molecule has 2 amide bonds. The maximum Gasteiger partial charge on any atom is 0.321 e. The highest BCUT2D eigenvalue weighted by atomic mass is 16.2. The Balaban J connectivity index is 1.25. The SMILES string of the molecule is Cc1cccc(NC(=O)N2CC3CN(c4nc(C)nc5c4CCC5)CC3C2)c1. The zero-order valence-corrected chi connectivity index (χ0v) is 16.6. The number of likely N-dealkylation sites (tertiary alicyclic amines) is 1. The first-order valence-corrected chi connectivity index (χ1v) is 10.3. The lowest BCUT2D eigenvalue weighted by molar-refractivity contribution is 0.219. The third kappa shape index (κ3) is 3.11. The maximum atomic E-state index is 12.7. The summed E-state index contributed by atoms with van der Waals surface area (Å²) in [5.41, 5.74) is 4.63. The van der Waals surface area contributed by atoms with Gasteiger partial charge in [0.15, 0.2) is 0 Å². The molecule has 6 heteroatoms. The average Bonchev–Trinajstić information content (AvgIpc) is 3.35. The molecule has 1 N–H and O–H groups in total. The number of fused-ring (bicyclic) bond motifs is 2. The molecule has 0 saturated carbocycles. The Morgan fingerprint density at radius 3 is 2.61 bits per heavy atom. The van der Waals surface area contributed by atoms with Crippen LogP contribution in [0.2, 0.25) is 0 Å². The van der Waals surface area contributed by atoms with Gasteiger partial charge in [0.25, 0.3) is 0 Å². The van der Waals surface area contributed by atoms with Gasteiger partial charge in [0.05, 0.1) is 0 Å². The van der Waals surface area contributed by atoms with Crippen LogP contribution in [0.1, 0.15) is 29.1 Å². The minimum Gasteiger partial charge on any atom is -0.356 e. The van der Waals surface area contributed by atoms with Gasteiger partial charge >= 0.3 is 6.03 Å². The predicted octanol–water partition coefficient (Wildman–Crippen LogP) is 3.18. The number of urea groups is 1. The van der Waals surface area contributed by atoms with Gasteiger partial charge in [-0.15, -0.1) is 0 Å². The zero-order chi connectivity index (χ0) is 19.3. The summed E-state index contributed by atoms with van der Waals surface area (Å²) < 4.78 is 0. The standard InChI is InChI=1S/C22H27N5O/c1-14-5-3-6-18(9-14)25-22(28)27-12-16-10-26(11-17(16)13-27)21-19-7-4-8-20(19)23-15(2)24-21/h3,5-6,9,16-17H,4,7-8,10-13H2,1-2H3,(H,25,28). The average molecular weight is 377 g/mol. The lowest BCUT2D eigenvalue weighted by Crippen LogP contribution is -2.36. The molecule has 2 unspecified atom stereocenters. The smallest absolute Gasteiger partial charge is 0.321 e. The van der Waals surface area contributed by atoms with E-state index in [-0.39, 0.29) is 6.03 Å². The lowest BCUT2D eigenvalue weighted by Gasteiger charge is -2.24. The van der Waals surface area contributed by atoms with Crippen LogP contribution in [0.3, 0.4) is 0 Å². The van der Waals surface area contributed by atoms with Crippen LogP contribution in [0, 0.1) is 25.7 Å². The summed E-state index contributed by atoms with van der Waals surface area (Å²) in [6, 6.07) is 7.99. The molecule has 5 rings (SSSR count). The van der Waals surface area contributed by atoms with Gasteiger partial charge in [-0.2, -0.15) is 0 Å². The number of carbonyl (C=O) groups excluding carboxylic acids is 1. The Hall–Kier alpha value is -2.63. The first kappa shape index (κ1) is 17.5. The number of amides is 2. The molecule has 1 aromatic heterocycles. The summed E-state index contributed by atoms with van der Waals surface area (Å²) in [7, 11) is 0. The molecule has 0 bridgehead atoms. The quantitative estimate of drug-likeness (QED) is 0.873. The molecule has 2 aromatic rings. The van der Waals surface area contributed by atoms with Crippen molar-refractivity contribution in [1.82, 2.24) is 14.9 Å². The van der Waals surface area contributed by atoms with Crippen LogP contribution < -0.4 is 10.2 Å². The fraction of sp³-hybridized carbons (Fsp3) is 0.500. The molecule has 3 heterocycles. The normalized spacial score (nSPS) is 23.1. The maximum absolute atomic E-state index is 12.7. The van der Waals surface area contributed by atoms with Crippen molar-refractivity contribution in [2.45, 2.75) is 33.1 Å². The van der Waals surface area contributed by atoms with Gasteiger partial charge in [-0.25, -0.2) is 14.8 Å². The van der Waals surface area contributed by atoms with E-state index in [0.717, 1.165) is 61.9 Å².